The van der Waals surface area contributed by atoms with Gasteiger partial charge in [-0.15, -0.1) is 0 Å². The third kappa shape index (κ3) is 3.66. The molecule has 0 aliphatic carbocycles. The summed E-state index contributed by atoms with van der Waals surface area (Å²) in [5.41, 5.74) is 2.33. The minimum Gasteiger partial charge on any atom is -0.497 e. The molecule has 3 aromatic rings. The Kier molecular flexibility index (Phi) is 4.97. The van der Waals surface area contributed by atoms with Gasteiger partial charge in [-0.2, -0.15) is 0 Å². The van der Waals surface area contributed by atoms with Crippen LogP contribution in [0.25, 0.3) is 11.0 Å². The van der Waals surface area contributed by atoms with Crippen molar-refractivity contribution in [3.05, 3.63) is 63.8 Å². The monoisotopic (exact) mass is 363 g/mol. The summed E-state index contributed by atoms with van der Waals surface area (Å²) in [4.78, 5) is 12.2. The maximum Gasteiger partial charge on any atom is 0.224 e. The number of furan rings is 1. The number of hydrogen-bond donors (Lipinski definition) is 1. The van der Waals surface area contributed by atoms with Crippen LogP contribution in [0.4, 0.5) is 0 Å². The standard InChI is InChI=1S/C18H15Cl2NO3/c1-23-14-4-5-15-12(10-24-17(15)8-14)6-18(22)21-9-11-2-3-13(19)7-16(11)20/h2-5,7-8,10H,6,9H2,1H3,(H,21,22). The number of carbonyl (C=O) groups excluding carboxylic acids is 1. The quantitative estimate of drug-likeness (QED) is 0.720. The molecule has 0 saturated carbocycles. The fraction of sp³-hybridized carbons (Fsp3) is 0.167. The normalized spacial score (nSPS) is 10.8. The molecule has 2 aromatic carbocycles. The predicted molar refractivity (Wildman–Crippen MR) is 94.8 cm³/mol. The highest BCUT2D eigenvalue weighted by molar-refractivity contribution is 6.35. The van der Waals surface area contributed by atoms with Gasteiger partial charge in [-0.25, -0.2) is 0 Å². The molecule has 0 spiro atoms. The van der Waals surface area contributed by atoms with Crippen molar-refractivity contribution in [3.8, 4) is 5.75 Å². The minimum atomic E-state index is -0.112. The van der Waals surface area contributed by atoms with Gasteiger partial charge in [0.2, 0.25) is 5.91 Å². The smallest absolute Gasteiger partial charge is 0.224 e. The van der Waals surface area contributed by atoms with Crippen LogP contribution in [0.1, 0.15) is 11.1 Å². The van der Waals surface area contributed by atoms with Gasteiger partial charge in [0.25, 0.3) is 0 Å². The van der Waals surface area contributed by atoms with Gasteiger partial charge in [0.05, 0.1) is 19.8 Å². The molecule has 0 aliphatic heterocycles. The first-order valence-corrected chi connectivity index (χ1v) is 8.07. The molecule has 0 radical (unpaired) electrons. The van der Waals surface area contributed by atoms with E-state index in [1.165, 1.54) is 0 Å². The van der Waals surface area contributed by atoms with E-state index in [1.807, 2.05) is 12.1 Å². The summed E-state index contributed by atoms with van der Waals surface area (Å²) in [5, 5.41) is 4.85. The fourth-order valence-corrected chi connectivity index (χ4v) is 2.90. The van der Waals surface area contributed by atoms with Crippen LogP contribution >= 0.6 is 23.2 Å². The summed E-state index contributed by atoms with van der Waals surface area (Å²) in [5.74, 6) is 0.602. The Bertz CT molecular complexity index is 889. The van der Waals surface area contributed by atoms with E-state index >= 15 is 0 Å². The molecule has 1 aromatic heterocycles. The third-order valence-corrected chi connectivity index (χ3v) is 4.29. The van der Waals surface area contributed by atoms with E-state index in [1.54, 1.807) is 37.6 Å². The van der Waals surface area contributed by atoms with Crippen LogP contribution in [0, 0.1) is 0 Å². The second kappa shape index (κ2) is 7.16. The zero-order valence-corrected chi connectivity index (χ0v) is 14.4. The molecule has 1 N–H and O–H groups in total. The Labute approximate surface area is 149 Å². The van der Waals surface area contributed by atoms with Gasteiger partial charge in [-0.3, -0.25) is 4.79 Å². The van der Waals surface area contributed by atoms with E-state index in [2.05, 4.69) is 5.32 Å². The molecule has 4 nitrogen and oxygen atoms in total. The van der Waals surface area contributed by atoms with Crippen molar-refractivity contribution in [3.63, 3.8) is 0 Å². The molecule has 0 unspecified atom stereocenters. The summed E-state index contributed by atoms with van der Waals surface area (Å²) in [7, 11) is 1.60. The van der Waals surface area contributed by atoms with Crippen molar-refractivity contribution < 1.29 is 13.9 Å². The van der Waals surface area contributed by atoms with Crippen molar-refractivity contribution in [2.24, 2.45) is 0 Å². The van der Waals surface area contributed by atoms with Gasteiger partial charge in [0.1, 0.15) is 11.3 Å². The van der Waals surface area contributed by atoms with Crippen LogP contribution in [0.2, 0.25) is 10.0 Å². The highest BCUT2D eigenvalue weighted by Gasteiger charge is 2.11. The van der Waals surface area contributed by atoms with Crippen LogP contribution < -0.4 is 10.1 Å². The first-order valence-electron chi connectivity index (χ1n) is 7.31. The minimum absolute atomic E-state index is 0.112. The average molecular weight is 364 g/mol. The SMILES string of the molecule is COc1ccc2c(CC(=O)NCc3ccc(Cl)cc3Cl)coc2c1. The molecule has 0 fully saturated rings. The summed E-state index contributed by atoms with van der Waals surface area (Å²) >= 11 is 12.0. The van der Waals surface area contributed by atoms with Crippen molar-refractivity contribution in [1.82, 2.24) is 5.32 Å². The Morgan fingerprint density at radius 1 is 1.17 bits per heavy atom. The second-order valence-electron chi connectivity index (χ2n) is 5.31. The highest BCUT2D eigenvalue weighted by Crippen LogP contribution is 2.26. The van der Waals surface area contributed by atoms with E-state index in [0.717, 1.165) is 16.5 Å². The summed E-state index contributed by atoms with van der Waals surface area (Å²) in [6.07, 6.45) is 1.82. The molecule has 24 heavy (non-hydrogen) atoms. The van der Waals surface area contributed by atoms with Gasteiger partial charge < -0.3 is 14.5 Å². The number of rotatable bonds is 5. The molecule has 0 bridgehead atoms. The van der Waals surface area contributed by atoms with Crippen LogP contribution in [0.5, 0.6) is 5.75 Å². The van der Waals surface area contributed by atoms with Gasteiger partial charge in [0, 0.05) is 33.6 Å². The molecule has 1 amide bonds. The lowest BCUT2D eigenvalue weighted by Crippen LogP contribution is -2.24. The molecule has 6 heteroatoms. The van der Waals surface area contributed by atoms with Gasteiger partial charge in [-0.1, -0.05) is 29.3 Å². The number of hydrogen-bond acceptors (Lipinski definition) is 3. The number of carbonyl (C=O) groups is 1. The Hall–Kier alpha value is -2.17. The number of methoxy groups -OCH3 is 1. The molecule has 3 rings (SSSR count). The summed E-state index contributed by atoms with van der Waals surface area (Å²) < 4.78 is 10.7. The van der Waals surface area contributed by atoms with Gasteiger partial charge >= 0.3 is 0 Å². The topological polar surface area (TPSA) is 51.5 Å². The number of fused-ring (bicyclic) bond motifs is 1. The van der Waals surface area contributed by atoms with E-state index in [0.29, 0.717) is 27.9 Å². The van der Waals surface area contributed by atoms with Crippen molar-refractivity contribution >= 4 is 40.1 Å². The predicted octanol–water partition coefficient (Wildman–Crippen LogP) is 4.61. The average Bonchev–Trinajstić information content (AvgIpc) is 2.96. The Morgan fingerprint density at radius 3 is 2.75 bits per heavy atom. The number of benzene rings is 2. The molecule has 0 saturated heterocycles. The molecule has 0 aliphatic rings. The zero-order chi connectivity index (χ0) is 17.1. The van der Waals surface area contributed by atoms with Crippen LogP contribution in [-0.2, 0) is 17.8 Å². The first kappa shape index (κ1) is 16.7. The maximum atomic E-state index is 12.2. The Morgan fingerprint density at radius 2 is 2.00 bits per heavy atom. The number of nitrogens with one attached hydrogen (secondary N) is 1. The fourth-order valence-electron chi connectivity index (χ4n) is 2.42. The van der Waals surface area contributed by atoms with Crippen LogP contribution in [-0.4, -0.2) is 13.0 Å². The third-order valence-electron chi connectivity index (χ3n) is 3.71. The first-order chi connectivity index (χ1) is 11.6. The van der Waals surface area contributed by atoms with Gasteiger partial charge in [-0.05, 0) is 29.8 Å². The van der Waals surface area contributed by atoms with Crippen molar-refractivity contribution in [1.29, 1.82) is 0 Å². The lowest BCUT2D eigenvalue weighted by molar-refractivity contribution is -0.120. The zero-order valence-electron chi connectivity index (χ0n) is 12.9. The summed E-state index contributed by atoms with van der Waals surface area (Å²) in [6, 6.07) is 10.7. The Balaban J connectivity index is 1.66. The highest BCUT2D eigenvalue weighted by atomic mass is 35.5. The lowest BCUT2D eigenvalue weighted by Gasteiger charge is -2.07. The van der Waals surface area contributed by atoms with Crippen LogP contribution in [0.3, 0.4) is 0 Å². The van der Waals surface area contributed by atoms with Crippen LogP contribution in [0.15, 0.2) is 47.1 Å². The van der Waals surface area contributed by atoms with E-state index in [-0.39, 0.29) is 12.3 Å². The second-order valence-corrected chi connectivity index (χ2v) is 6.16. The molecule has 124 valence electrons. The van der Waals surface area contributed by atoms with Crippen molar-refractivity contribution in [2.75, 3.05) is 7.11 Å². The van der Waals surface area contributed by atoms with E-state index in [4.69, 9.17) is 32.4 Å². The number of amides is 1. The molecule has 1 heterocycles. The molecular weight excluding hydrogens is 349 g/mol. The van der Waals surface area contributed by atoms with Gasteiger partial charge in [0.15, 0.2) is 0 Å². The van der Waals surface area contributed by atoms with E-state index < -0.39 is 0 Å². The van der Waals surface area contributed by atoms with Crippen molar-refractivity contribution in [2.45, 2.75) is 13.0 Å². The molecule has 0 atom stereocenters. The summed E-state index contributed by atoms with van der Waals surface area (Å²) in [6.45, 7) is 0.346. The molecular formula is C18H15Cl2NO3. The maximum absolute atomic E-state index is 12.2. The number of ether oxygens (including phenoxy) is 1. The lowest BCUT2D eigenvalue weighted by atomic mass is 10.1. The number of halogens is 2. The largest absolute Gasteiger partial charge is 0.497 e. The van der Waals surface area contributed by atoms with E-state index in [9.17, 15) is 4.79 Å².